The van der Waals surface area contributed by atoms with E-state index in [0.717, 1.165) is 6.29 Å². The molecule has 4 heteroatoms. The Morgan fingerprint density at radius 3 is 1.75 bits per heavy atom. The zero-order valence-corrected chi connectivity index (χ0v) is 15.9. The van der Waals surface area contributed by atoms with Crippen LogP contribution in [-0.4, -0.2) is 34.4 Å². The van der Waals surface area contributed by atoms with Crippen molar-refractivity contribution in [1.82, 2.24) is 0 Å². The van der Waals surface area contributed by atoms with Crippen LogP contribution in [0.15, 0.2) is 60.7 Å². The molecule has 0 unspecified atom stereocenters. The van der Waals surface area contributed by atoms with Crippen molar-refractivity contribution < 1.29 is 14.0 Å². The van der Waals surface area contributed by atoms with E-state index in [-0.39, 0.29) is 11.6 Å². The van der Waals surface area contributed by atoms with Crippen LogP contribution in [0.25, 0.3) is 0 Å². The molecule has 0 radical (unpaired) electrons. The first-order chi connectivity index (χ1) is 11.5. The van der Waals surface area contributed by atoms with Crippen LogP contribution >= 0.6 is 0 Å². The molecule has 0 aliphatic rings. The second-order valence-corrected chi connectivity index (χ2v) is 11.2. The van der Waals surface area contributed by atoms with Gasteiger partial charge in [0.2, 0.25) is 0 Å². The van der Waals surface area contributed by atoms with Gasteiger partial charge in [0.1, 0.15) is 6.10 Å². The van der Waals surface area contributed by atoms with Crippen molar-refractivity contribution in [2.75, 3.05) is 13.7 Å². The Bertz CT molecular complexity index is 595. The molecule has 24 heavy (non-hydrogen) atoms. The molecule has 0 bridgehead atoms. The van der Waals surface area contributed by atoms with Crippen LogP contribution in [0.1, 0.15) is 20.8 Å². The fourth-order valence-electron chi connectivity index (χ4n) is 3.13. The van der Waals surface area contributed by atoms with Crippen LogP contribution in [0.3, 0.4) is 0 Å². The molecule has 0 aromatic heterocycles. The maximum absolute atomic E-state index is 11.2. The number of rotatable bonds is 7. The second-order valence-electron chi connectivity index (χ2n) is 6.88. The Morgan fingerprint density at radius 2 is 1.42 bits per heavy atom. The van der Waals surface area contributed by atoms with Gasteiger partial charge in [-0.2, -0.15) is 0 Å². The van der Waals surface area contributed by atoms with E-state index in [2.05, 4.69) is 45.0 Å². The van der Waals surface area contributed by atoms with Crippen molar-refractivity contribution in [3.05, 3.63) is 60.7 Å². The molecule has 0 aliphatic heterocycles. The summed E-state index contributed by atoms with van der Waals surface area (Å²) in [5.41, 5.74) is 0. The van der Waals surface area contributed by atoms with Crippen LogP contribution in [0.5, 0.6) is 0 Å². The summed E-state index contributed by atoms with van der Waals surface area (Å²) in [6, 6.07) is 20.7. The second kappa shape index (κ2) is 7.88. The molecule has 128 valence electrons. The predicted octanol–water partition coefficient (Wildman–Crippen LogP) is 2.78. The molecule has 3 nitrogen and oxygen atoms in total. The largest absolute Gasteiger partial charge is 0.404 e. The topological polar surface area (TPSA) is 35.5 Å². The summed E-state index contributed by atoms with van der Waals surface area (Å²) in [5.74, 6) is 0. The predicted molar refractivity (Wildman–Crippen MR) is 100 cm³/mol. The minimum absolute atomic E-state index is 0.100. The standard InChI is InChI=1S/C20H26O3Si/c1-20(2,3)24(18-11-7-5-8-12-18,19-13-9-6-10-14-19)23-16-17(15-21)22-4/h5-15,17H,16H2,1-4H3/t17-/m0/s1. The normalized spacial score (nSPS) is 13.5. The van der Waals surface area contributed by atoms with Gasteiger partial charge >= 0.3 is 0 Å². The first kappa shape index (κ1) is 18.6. The van der Waals surface area contributed by atoms with Crippen molar-refractivity contribution in [3.8, 4) is 0 Å². The third-order valence-corrected chi connectivity index (χ3v) is 9.34. The lowest BCUT2D eigenvalue weighted by Crippen LogP contribution is -2.67. The van der Waals surface area contributed by atoms with Crippen molar-refractivity contribution in [2.45, 2.75) is 31.9 Å². The van der Waals surface area contributed by atoms with E-state index in [1.54, 1.807) is 0 Å². The Balaban J connectivity index is 2.59. The summed E-state index contributed by atoms with van der Waals surface area (Å²) < 4.78 is 11.8. The molecule has 0 heterocycles. The number of carbonyl (C=O) groups is 1. The minimum Gasteiger partial charge on any atom is -0.404 e. The monoisotopic (exact) mass is 342 g/mol. The number of hydrogen-bond acceptors (Lipinski definition) is 3. The fourth-order valence-corrected chi connectivity index (χ4v) is 7.70. The van der Waals surface area contributed by atoms with Gasteiger partial charge in [0.25, 0.3) is 8.32 Å². The molecule has 1 atom stereocenters. The average molecular weight is 343 g/mol. The summed E-state index contributed by atoms with van der Waals surface area (Å²) in [6.07, 6.45) is 0.254. The number of methoxy groups -OCH3 is 1. The van der Waals surface area contributed by atoms with Crippen molar-refractivity contribution in [1.29, 1.82) is 0 Å². The molecule has 2 aromatic carbocycles. The number of benzene rings is 2. The molecule has 0 amide bonds. The highest BCUT2D eigenvalue weighted by atomic mass is 28.4. The van der Waals surface area contributed by atoms with Gasteiger partial charge in [-0.15, -0.1) is 0 Å². The third kappa shape index (κ3) is 3.66. The van der Waals surface area contributed by atoms with Gasteiger partial charge in [-0.3, -0.25) is 0 Å². The van der Waals surface area contributed by atoms with Crippen molar-refractivity contribution >= 4 is 25.0 Å². The summed E-state index contributed by atoms with van der Waals surface area (Å²) in [6.45, 7) is 6.89. The first-order valence-corrected chi connectivity index (χ1v) is 10.1. The quantitative estimate of drug-likeness (QED) is 0.573. The number of aldehydes is 1. The van der Waals surface area contributed by atoms with Gasteiger partial charge in [-0.1, -0.05) is 81.4 Å². The van der Waals surface area contributed by atoms with Crippen LogP contribution in [0, 0.1) is 0 Å². The molecule has 2 aromatic rings. The van der Waals surface area contributed by atoms with Gasteiger partial charge in [0, 0.05) is 7.11 Å². The zero-order valence-electron chi connectivity index (χ0n) is 14.9. The highest BCUT2D eigenvalue weighted by Gasteiger charge is 2.50. The molecular formula is C20H26O3Si. The zero-order chi connectivity index (χ0) is 17.6. The molecule has 0 saturated heterocycles. The highest BCUT2D eigenvalue weighted by molar-refractivity contribution is 6.99. The first-order valence-electron chi connectivity index (χ1n) is 8.19. The van der Waals surface area contributed by atoms with E-state index in [4.69, 9.17) is 9.16 Å². The van der Waals surface area contributed by atoms with Crippen LogP contribution in [0.2, 0.25) is 5.04 Å². The SMILES string of the molecule is CO[C@@H](C=O)CO[Si](c1ccccc1)(c1ccccc1)C(C)(C)C. The van der Waals surface area contributed by atoms with E-state index in [0.29, 0.717) is 0 Å². The van der Waals surface area contributed by atoms with Gasteiger partial charge in [-0.05, 0) is 15.4 Å². The van der Waals surface area contributed by atoms with E-state index >= 15 is 0 Å². The van der Waals surface area contributed by atoms with E-state index in [9.17, 15) is 4.79 Å². The summed E-state index contributed by atoms with van der Waals surface area (Å²) in [7, 11) is -1.05. The number of ether oxygens (including phenoxy) is 1. The smallest absolute Gasteiger partial charge is 0.261 e. The summed E-state index contributed by atoms with van der Waals surface area (Å²) >= 11 is 0. The molecule has 2 rings (SSSR count). The molecule has 0 aliphatic carbocycles. The summed E-state index contributed by atoms with van der Waals surface area (Å²) in [5, 5.41) is 2.30. The molecule has 0 N–H and O–H groups in total. The lowest BCUT2D eigenvalue weighted by molar-refractivity contribution is -0.118. The van der Waals surface area contributed by atoms with E-state index in [1.807, 2.05) is 36.4 Å². The highest BCUT2D eigenvalue weighted by Crippen LogP contribution is 2.36. The molecule has 0 spiro atoms. The summed E-state index contributed by atoms with van der Waals surface area (Å²) in [4.78, 5) is 11.2. The number of carbonyl (C=O) groups excluding carboxylic acids is 1. The third-order valence-electron chi connectivity index (χ3n) is 4.34. The van der Waals surface area contributed by atoms with Gasteiger partial charge in [-0.25, -0.2) is 0 Å². The molecule has 0 fully saturated rings. The lowest BCUT2D eigenvalue weighted by Gasteiger charge is -2.43. The number of hydrogen-bond donors (Lipinski definition) is 0. The molecular weight excluding hydrogens is 316 g/mol. The maximum Gasteiger partial charge on any atom is 0.261 e. The Kier molecular flexibility index (Phi) is 6.10. The van der Waals surface area contributed by atoms with Crippen molar-refractivity contribution in [3.63, 3.8) is 0 Å². The van der Waals surface area contributed by atoms with Crippen LogP contribution in [-0.2, 0) is 14.0 Å². The van der Waals surface area contributed by atoms with Gasteiger partial charge < -0.3 is 14.0 Å². The van der Waals surface area contributed by atoms with Gasteiger partial charge in [0.15, 0.2) is 6.29 Å². The Labute approximate surface area is 145 Å². The van der Waals surface area contributed by atoms with E-state index in [1.165, 1.54) is 17.5 Å². The van der Waals surface area contributed by atoms with Crippen LogP contribution in [0.4, 0.5) is 0 Å². The van der Waals surface area contributed by atoms with Crippen LogP contribution < -0.4 is 10.4 Å². The fraction of sp³-hybridized carbons (Fsp3) is 0.350. The Morgan fingerprint density at radius 1 is 0.958 bits per heavy atom. The van der Waals surface area contributed by atoms with E-state index < -0.39 is 14.4 Å². The maximum atomic E-state index is 11.2. The minimum atomic E-state index is -2.58. The average Bonchev–Trinajstić information content (AvgIpc) is 2.59. The van der Waals surface area contributed by atoms with Crippen molar-refractivity contribution in [2.24, 2.45) is 0 Å². The van der Waals surface area contributed by atoms with Gasteiger partial charge in [0.05, 0.1) is 6.61 Å². The lowest BCUT2D eigenvalue weighted by atomic mass is 10.2. The molecule has 0 saturated carbocycles. The Hall–Kier alpha value is -1.75.